The number of benzene rings is 1. The highest BCUT2D eigenvalue weighted by molar-refractivity contribution is 8.14. The lowest BCUT2D eigenvalue weighted by Gasteiger charge is -1.98. The van der Waals surface area contributed by atoms with E-state index >= 15 is 0 Å². The third kappa shape index (κ3) is 2.77. The quantitative estimate of drug-likeness (QED) is 0.258. The molecule has 0 heterocycles. The summed E-state index contributed by atoms with van der Waals surface area (Å²) in [7, 11) is 1.64. The highest BCUT2D eigenvalue weighted by Crippen LogP contribution is 2.11. The average molecular weight is 196 g/mol. The molecule has 0 radical (unpaired) electrons. The molecule has 0 saturated heterocycles. The van der Waals surface area contributed by atoms with Crippen molar-refractivity contribution in [1.29, 1.82) is 0 Å². The van der Waals surface area contributed by atoms with Gasteiger partial charge in [-0.3, -0.25) is 5.21 Å². The van der Waals surface area contributed by atoms with Gasteiger partial charge in [0.25, 0.3) is 5.04 Å². The lowest BCUT2D eigenvalue weighted by atomic mass is 10.2. The molecule has 0 spiro atoms. The van der Waals surface area contributed by atoms with Crippen molar-refractivity contribution in [2.45, 2.75) is 6.92 Å². The first-order chi connectivity index (χ1) is 6.25. The fraction of sp³-hybridized carbons (Fsp3) is 0.300. The second kappa shape index (κ2) is 4.92. The van der Waals surface area contributed by atoms with Crippen LogP contribution in [-0.4, -0.2) is 27.8 Å². The molecule has 13 heavy (non-hydrogen) atoms. The molecule has 1 aromatic carbocycles. The normalized spacial score (nSPS) is 12.5. The third-order valence-electron chi connectivity index (χ3n) is 1.60. The van der Waals surface area contributed by atoms with Crippen LogP contribution >= 0.6 is 11.8 Å². The molecule has 1 rings (SSSR count). The first-order valence-electron chi connectivity index (χ1n) is 4.23. The summed E-state index contributed by atoms with van der Waals surface area (Å²) in [6.07, 6.45) is 0. The van der Waals surface area contributed by atoms with Gasteiger partial charge in [-0.2, -0.15) is 0 Å². The van der Waals surface area contributed by atoms with E-state index in [1.165, 1.54) is 4.74 Å². The van der Waals surface area contributed by atoms with Crippen molar-refractivity contribution in [2.24, 2.45) is 0 Å². The topological polar surface area (TPSA) is 23.2 Å². The maximum Gasteiger partial charge on any atom is 0.291 e. The molecule has 1 aromatic rings. The Morgan fingerprint density at radius 2 is 2.00 bits per heavy atom. The Morgan fingerprint density at radius 3 is 2.46 bits per heavy atom. The Kier molecular flexibility index (Phi) is 3.83. The van der Waals surface area contributed by atoms with Gasteiger partial charge in [-0.05, 0) is 16.9 Å². The summed E-state index contributed by atoms with van der Waals surface area (Å²) < 4.78 is 1.17. The molecular formula is C10H14NOS+. The minimum atomic E-state index is 0.892. The van der Waals surface area contributed by atoms with Crippen LogP contribution < -0.4 is 0 Å². The van der Waals surface area contributed by atoms with Crippen LogP contribution in [-0.2, 0) is 0 Å². The molecule has 0 aliphatic heterocycles. The number of thioether (sulfide) groups is 1. The van der Waals surface area contributed by atoms with Gasteiger partial charge in [0, 0.05) is 5.75 Å². The maximum absolute atomic E-state index is 9.37. The van der Waals surface area contributed by atoms with Gasteiger partial charge in [0.15, 0.2) is 7.05 Å². The van der Waals surface area contributed by atoms with Crippen molar-refractivity contribution in [3.8, 4) is 0 Å². The maximum atomic E-state index is 9.37. The van der Waals surface area contributed by atoms with Crippen molar-refractivity contribution in [1.82, 2.24) is 0 Å². The van der Waals surface area contributed by atoms with Crippen LogP contribution in [0.3, 0.4) is 0 Å². The van der Waals surface area contributed by atoms with Gasteiger partial charge in [0.1, 0.15) is 0 Å². The lowest BCUT2D eigenvalue weighted by Crippen LogP contribution is -2.11. The number of hydrogen-bond donors (Lipinski definition) is 1. The smallest absolute Gasteiger partial charge is 0.290 e. The summed E-state index contributed by atoms with van der Waals surface area (Å²) >= 11 is 1.63. The zero-order chi connectivity index (χ0) is 9.68. The molecule has 0 atom stereocenters. The van der Waals surface area contributed by atoms with Gasteiger partial charge >= 0.3 is 0 Å². The molecule has 0 aliphatic rings. The fourth-order valence-corrected chi connectivity index (χ4v) is 1.84. The Bertz CT molecular complexity index is 291. The lowest BCUT2D eigenvalue weighted by molar-refractivity contribution is -0.752. The molecule has 0 bridgehead atoms. The predicted octanol–water partition coefficient (Wildman–Crippen LogP) is 2.22. The third-order valence-corrected chi connectivity index (χ3v) is 2.66. The summed E-state index contributed by atoms with van der Waals surface area (Å²) in [5.74, 6) is 0.953. The summed E-state index contributed by atoms with van der Waals surface area (Å²) in [4.78, 5) is 0. The van der Waals surface area contributed by atoms with Gasteiger partial charge < -0.3 is 0 Å². The highest BCUT2D eigenvalue weighted by Gasteiger charge is 2.12. The van der Waals surface area contributed by atoms with Crippen molar-refractivity contribution >= 4 is 16.8 Å². The Balaban J connectivity index is 2.97. The Labute approximate surface area is 82.9 Å². The summed E-state index contributed by atoms with van der Waals surface area (Å²) in [5, 5.41) is 10.3. The molecule has 0 saturated carbocycles. The van der Waals surface area contributed by atoms with Crippen LogP contribution in [0.15, 0.2) is 30.3 Å². The van der Waals surface area contributed by atoms with E-state index in [2.05, 4.69) is 6.92 Å². The Hall–Kier alpha value is -0.960. The molecule has 0 amide bonds. The zero-order valence-electron chi connectivity index (χ0n) is 7.90. The molecule has 0 aromatic heterocycles. The van der Waals surface area contributed by atoms with E-state index in [1.54, 1.807) is 18.8 Å². The van der Waals surface area contributed by atoms with E-state index in [9.17, 15) is 5.21 Å². The van der Waals surface area contributed by atoms with Crippen LogP contribution in [0.4, 0.5) is 0 Å². The summed E-state index contributed by atoms with van der Waals surface area (Å²) in [5.41, 5.74) is 1.05. The van der Waals surface area contributed by atoms with E-state index < -0.39 is 0 Å². The molecule has 0 aliphatic carbocycles. The van der Waals surface area contributed by atoms with Crippen molar-refractivity contribution in [3.63, 3.8) is 0 Å². The van der Waals surface area contributed by atoms with E-state index in [0.717, 1.165) is 16.4 Å². The molecule has 3 heteroatoms. The van der Waals surface area contributed by atoms with Crippen molar-refractivity contribution in [3.05, 3.63) is 35.9 Å². The molecule has 1 N–H and O–H groups in total. The molecule has 70 valence electrons. The number of nitrogens with zero attached hydrogens (tertiary/aromatic N) is 1. The average Bonchev–Trinajstić information content (AvgIpc) is 2.15. The van der Waals surface area contributed by atoms with Crippen molar-refractivity contribution in [2.75, 3.05) is 12.8 Å². The van der Waals surface area contributed by atoms with Gasteiger partial charge in [0.05, 0.1) is 5.56 Å². The van der Waals surface area contributed by atoms with Crippen LogP contribution in [0.5, 0.6) is 0 Å². The molecule has 0 fully saturated rings. The van der Waals surface area contributed by atoms with E-state index in [0.29, 0.717) is 0 Å². The van der Waals surface area contributed by atoms with Gasteiger partial charge in [0.2, 0.25) is 0 Å². The van der Waals surface area contributed by atoms with Crippen LogP contribution in [0, 0.1) is 0 Å². The molecule has 0 unspecified atom stereocenters. The predicted molar refractivity (Wildman–Crippen MR) is 56.7 cm³/mol. The first kappa shape index (κ1) is 10.1. The number of hydrogen-bond acceptors (Lipinski definition) is 2. The second-order valence-corrected chi connectivity index (χ2v) is 3.88. The van der Waals surface area contributed by atoms with Crippen LogP contribution in [0.2, 0.25) is 0 Å². The van der Waals surface area contributed by atoms with E-state index in [1.807, 2.05) is 30.3 Å². The molecule has 2 nitrogen and oxygen atoms in total. The van der Waals surface area contributed by atoms with Crippen LogP contribution in [0.1, 0.15) is 12.5 Å². The zero-order valence-corrected chi connectivity index (χ0v) is 8.71. The first-order valence-corrected chi connectivity index (χ1v) is 5.22. The van der Waals surface area contributed by atoms with Gasteiger partial charge in [-0.25, -0.2) is 0 Å². The minimum Gasteiger partial charge on any atom is -0.290 e. The van der Waals surface area contributed by atoms with E-state index in [4.69, 9.17) is 0 Å². The fourth-order valence-electron chi connectivity index (χ4n) is 1.08. The number of hydroxylamine groups is 1. The largest absolute Gasteiger partial charge is 0.291 e. The number of rotatable bonds is 2. The monoisotopic (exact) mass is 196 g/mol. The minimum absolute atomic E-state index is 0.892. The SMILES string of the molecule is CCS/C(c1ccccc1)=[N+](\C)O. The van der Waals surface area contributed by atoms with E-state index in [-0.39, 0.29) is 0 Å². The highest BCUT2D eigenvalue weighted by atomic mass is 32.2. The standard InChI is InChI=1S/C10H14NOS/c1-3-13-10(11(2)12)9-7-5-4-6-8-9/h4-8,12H,3H2,1-2H3/q+1/b11-10+. The Morgan fingerprint density at radius 1 is 1.38 bits per heavy atom. The van der Waals surface area contributed by atoms with Crippen molar-refractivity contribution < 1.29 is 9.95 Å². The summed E-state index contributed by atoms with van der Waals surface area (Å²) in [6.45, 7) is 2.07. The molecular weight excluding hydrogens is 182 g/mol. The second-order valence-electron chi connectivity index (χ2n) is 2.63. The van der Waals surface area contributed by atoms with Gasteiger partial charge in [-0.15, -0.1) is 0 Å². The van der Waals surface area contributed by atoms with Crippen LogP contribution in [0.25, 0.3) is 0 Å². The van der Waals surface area contributed by atoms with Gasteiger partial charge in [-0.1, -0.05) is 36.9 Å². The summed E-state index contributed by atoms with van der Waals surface area (Å²) in [6, 6.07) is 9.88.